The lowest BCUT2D eigenvalue weighted by molar-refractivity contribution is 0.103. The molecule has 2 aromatic carbocycles. The number of carbonyl (C=O) groups is 1. The lowest BCUT2D eigenvalue weighted by Gasteiger charge is -2.06. The fourth-order valence-electron chi connectivity index (χ4n) is 2.21. The Morgan fingerprint density at radius 1 is 1.04 bits per heavy atom. The van der Waals surface area contributed by atoms with E-state index in [1.165, 1.54) is 6.08 Å². The summed E-state index contributed by atoms with van der Waals surface area (Å²) in [6.07, 6.45) is 2.92. The average molecular weight is 372 g/mol. The summed E-state index contributed by atoms with van der Waals surface area (Å²) in [6, 6.07) is 16.4. The molecule has 2 rings (SSSR count). The minimum absolute atomic E-state index is 0.0197. The minimum Gasteiger partial charge on any atom is -0.372 e. The van der Waals surface area contributed by atoms with Gasteiger partial charge in [-0.15, -0.1) is 0 Å². The monoisotopic (exact) mass is 372 g/mol. The molecule has 0 aliphatic rings. The van der Waals surface area contributed by atoms with Crippen LogP contribution in [0.2, 0.25) is 0 Å². The Hall–Kier alpha value is -2.30. The number of benzene rings is 2. The first-order valence-corrected chi connectivity index (χ1v) is 9.70. The molecule has 0 spiro atoms. The highest BCUT2D eigenvalue weighted by molar-refractivity contribution is 7.55. The Morgan fingerprint density at radius 2 is 1.65 bits per heavy atom. The standard InChI is InChI=1S/C20H21O5P/c1-16(6-5-13-26(22,23)24)14-25-15-17-9-11-19(12-10-17)20(21)18-7-3-2-4-8-18/h2-13H,14-15H2,1H3,(H2,22,23,24)/b13-5+,16-6+. The minimum atomic E-state index is -4.12. The second-order valence-electron chi connectivity index (χ2n) is 5.83. The third-order valence-corrected chi connectivity index (χ3v) is 4.07. The summed E-state index contributed by atoms with van der Waals surface area (Å²) < 4.78 is 16.3. The molecule has 0 unspecified atom stereocenters. The van der Waals surface area contributed by atoms with Crippen LogP contribution in [0.4, 0.5) is 0 Å². The fraction of sp³-hybridized carbons (Fsp3) is 0.150. The lowest BCUT2D eigenvalue weighted by atomic mass is 10.0. The molecule has 0 saturated heterocycles. The SMILES string of the molecule is C/C(=C\C=C\P(=O)(O)O)COCc1ccc(C(=O)c2ccccc2)cc1. The molecule has 6 heteroatoms. The Bertz CT molecular complexity index is 832. The highest BCUT2D eigenvalue weighted by atomic mass is 31.2. The molecule has 2 aromatic rings. The number of hydrogen-bond acceptors (Lipinski definition) is 3. The van der Waals surface area contributed by atoms with Gasteiger partial charge in [0.1, 0.15) is 0 Å². The number of allylic oxidation sites excluding steroid dienone is 2. The van der Waals surface area contributed by atoms with Gasteiger partial charge >= 0.3 is 7.60 Å². The Labute approximate surface area is 152 Å². The summed E-state index contributed by atoms with van der Waals surface area (Å²) in [6.45, 7) is 2.54. The van der Waals surface area contributed by atoms with Gasteiger partial charge in [-0.25, -0.2) is 0 Å². The van der Waals surface area contributed by atoms with E-state index in [4.69, 9.17) is 14.5 Å². The van der Waals surface area contributed by atoms with E-state index in [9.17, 15) is 9.36 Å². The molecule has 0 saturated carbocycles. The van der Waals surface area contributed by atoms with Crippen molar-refractivity contribution in [1.29, 1.82) is 0 Å². The van der Waals surface area contributed by atoms with E-state index in [2.05, 4.69) is 0 Å². The van der Waals surface area contributed by atoms with Gasteiger partial charge in [-0.05, 0) is 18.1 Å². The average Bonchev–Trinajstić information content (AvgIpc) is 2.61. The molecule has 0 aromatic heterocycles. The maximum atomic E-state index is 12.3. The first-order chi connectivity index (χ1) is 12.3. The van der Waals surface area contributed by atoms with Gasteiger partial charge in [-0.2, -0.15) is 0 Å². The first-order valence-electron chi connectivity index (χ1n) is 8.02. The van der Waals surface area contributed by atoms with E-state index in [0.717, 1.165) is 17.0 Å². The summed E-state index contributed by atoms with van der Waals surface area (Å²) in [7, 11) is -4.12. The van der Waals surface area contributed by atoms with Crippen molar-refractivity contribution in [3.63, 3.8) is 0 Å². The van der Waals surface area contributed by atoms with Crippen LogP contribution in [0.5, 0.6) is 0 Å². The summed E-state index contributed by atoms with van der Waals surface area (Å²) in [5.41, 5.74) is 3.05. The molecular weight excluding hydrogens is 351 g/mol. The second kappa shape index (κ2) is 9.41. The van der Waals surface area contributed by atoms with Gasteiger partial charge in [0.2, 0.25) is 0 Å². The van der Waals surface area contributed by atoms with Crippen molar-refractivity contribution in [3.8, 4) is 0 Å². The normalized spacial score (nSPS) is 12.5. The van der Waals surface area contributed by atoms with Crippen LogP contribution in [-0.4, -0.2) is 22.2 Å². The number of ether oxygens (including phenoxy) is 1. The zero-order valence-electron chi connectivity index (χ0n) is 14.4. The van der Waals surface area contributed by atoms with Crippen LogP contribution in [0.15, 0.2) is 78.1 Å². The van der Waals surface area contributed by atoms with Crippen molar-refractivity contribution >= 4 is 13.4 Å². The zero-order chi connectivity index (χ0) is 19.0. The third-order valence-electron chi connectivity index (χ3n) is 3.51. The highest BCUT2D eigenvalue weighted by Crippen LogP contribution is 2.35. The van der Waals surface area contributed by atoms with Crippen molar-refractivity contribution in [3.05, 3.63) is 94.8 Å². The van der Waals surface area contributed by atoms with E-state index >= 15 is 0 Å². The third kappa shape index (κ3) is 6.90. The Morgan fingerprint density at radius 3 is 2.27 bits per heavy atom. The van der Waals surface area contributed by atoms with Crippen LogP contribution >= 0.6 is 7.60 Å². The number of ketones is 1. The van der Waals surface area contributed by atoms with Crippen LogP contribution < -0.4 is 0 Å². The summed E-state index contributed by atoms with van der Waals surface area (Å²) in [5, 5.41) is 0. The Kier molecular flexibility index (Phi) is 7.25. The molecule has 2 N–H and O–H groups in total. The molecule has 0 amide bonds. The topological polar surface area (TPSA) is 83.8 Å². The van der Waals surface area contributed by atoms with Crippen molar-refractivity contribution in [2.24, 2.45) is 0 Å². The first kappa shape index (κ1) is 20.0. The van der Waals surface area contributed by atoms with E-state index < -0.39 is 7.60 Å². The van der Waals surface area contributed by atoms with Crippen molar-refractivity contribution in [2.75, 3.05) is 6.61 Å². The van der Waals surface area contributed by atoms with Gasteiger partial charge in [0.25, 0.3) is 0 Å². The largest absolute Gasteiger partial charge is 0.372 e. The highest BCUT2D eigenvalue weighted by Gasteiger charge is 2.08. The second-order valence-corrected chi connectivity index (χ2v) is 7.30. The van der Waals surface area contributed by atoms with Gasteiger partial charge in [-0.3, -0.25) is 9.36 Å². The lowest BCUT2D eigenvalue weighted by Crippen LogP contribution is -2.02. The molecule has 26 heavy (non-hydrogen) atoms. The smallest absolute Gasteiger partial charge is 0.349 e. The van der Waals surface area contributed by atoms with Crippen LogP contribution in [0.1, 0.15) is 28.4 Å². The van der Waals surface area contributed by atoms with E-state index in [0.29, 0.717) is 24.3 Å². The predicted molar refractivity (Wildman–Crippen MR) is 101 cm³/mol. The van der Waals surface area contributed by atoms with Crippen molar-refractivity contribution in [1.82, 2.24) is 0 Å². The maximum Gasteiger partial charge on any atom is 0.349 e. The molecular formula is C20H21O5P. The van der Waals surface area contributed by atoms with E-state index in [1.807, 2.05) is 37.3 Å². The molecule has 0 heterocycles. The van der Waals surface area contributed by atoms with E-state index in [1.54, 1.807) is 30.3 Å². The van der Waals surface area contributed by atoms with Gasteiger partial charge in [-0.1, -0.05) is 66.7 Å². The molecule has 0 bridgehead atoms. The van der Waals surface area contributed by atoms with Crippen molar-refractivity contribution in [2.45, 2.75) is 13.5 Å². The van der Waals surface area contributed by atoms with Crippen LogP contribution in [0, 0.1) is 0 Å². The molecule has 0 radical (unpaired) electrons. The number of carbonyl (C=O) groups excluding carboxylic acids is 1. The summed E-state index contributed by atoms with van der Waals surface area (Å²) in [4.78, 5) is 29.8. The zero-order valence-corrected chi connectivity index (χ0v) is 15.3. The van der Waals surface area contributed by atoms with Gasteiger partial charge < -0.3 is 14.5 Å². The molecule has 0 fully saturated rings. The molecule has 0 aliphatic carbocycles. The fourth-order valence-corrected chi connectivity index (χ4v) is 2.52. The molecule has 136 valence electrons. The molecule has 0 aliphatic heterocycles. The number of rotatable bonds is 8. The van der Waals surface area contributed by atoms with Gasteiger partial charge in [0.05, 0.1) is 13.2 Å². The quantitative estimate of drug-likeness (QED) is 0.415. The van der Waals surface area contributed by atoms with Gasteiger partial charge in [0.15, 0.2) is 5.78 Å². The molecule has 5 nitrogen and oxygen atoms in total. The predicted octanol–water partition coefficient (Wildman–Crippen LogP) is 4.07. The number of hydrogen-bond donors (Lipinski definition) is 2. The van der Waals surface area contributed by atoms with Gasteiger partial charge in [0, 0.05) is 16.9 Å². The van der Waals surface area contributed by atoms with Crippen LogP contribution in [-0.2, 0) is 15.9 Å². The van der Waals surface area contributed by atoms with Crippen molar-refractivity contribution < 1.29 is 23.9 Å². The maximum absolute atomic E-state index is 12.3. The summed E-state index contributed by atoms with van der Waals surface area (Å²) in [5.74, 6) is 0.826. The Balaban J connectivity index is 1.86. The molecule has 0 atom stereocenters. The van der Waals surface area contributed by atoms with Crippen LogP contribution in [0.3, 0.4) is 0 Å². The van der Waals surface area contributed by atoms with Crippen LogP contribution in [0.25, 0.3) is 0 Å². The van der Waals surface area contributed by atoms with E-state index in [-0.39, 0.29) is 5.78 Å². The summed E-state index contributed by atoms with van der Waals surface area (Å²) >= 11 is 0.